The van der Waals surface area contributed by atoms with Gasteiger partial charge in [-0.2, -0.15) is 0 Å². The topological polar surface area (TPSA) is 165 Å². The molecule has 0 aliphatic carbocycles. The predicted octanol–water partition coefficient (Wildman–Crippen LogP) is 1.28. The van der Waals surface area contributed by atoms with E-state index in [2.05, 4.69) is 0 Å². The van der Waals surface area contributed by atoms with Gasteiger partial charge in [-0.3, -0.25) is 14.2 Å². The predicted molar refractivity (Wildman–Crippen MR) is 129 cm³/mol. The molecule has 0 radical (unpaired) electrons. The first-order valence-electron chi connectivity index (χ1n) is 11.1. The van der Waals surface area contributed by atoms with Crippen LogP contribution in [0.3, 0.4) is 0 Å². The fourth-order valence-electron chi connectivity index (χ4n) is 4.26. The molecular formula is C25H24ClNO10. The zero-order chi connectivity index (χ0) is 27.0. The zero-order valence-corrected chi connectivity index (χ0v) is 20.5. The number of aromatic nitrogens is 1. The molecule has 4 rings (SSSR count). The fraction of sp³-hybridized carbons (Fsp3) is 0.320. The number of halogens is 1. The van der Waals surface area contributed by atoms with Crippen molar-refractivity contribution in [2.45, 2.75) is 44.1 Å². The van der Waals surface area contributed by atoms with E-state index >= 15 is 0 Å². The van der Waals surface area contributed by atoms with E-state index in [-0.39, 0.29) is 12.3 Å². The van der Waals surface area contributed by atoms with Crippen LogP contribution in [0.25, 0.3) is 10.9 Å². The summed E-state index contributed by atoms with van der Waals surface area (Å²) >= 11 is 5.94. The van der Waals surface area contributed by atoms with E-state index in [1.165, 1.54) is 11.7 Å². The molecule has 1 saturated heterocycles. The summed E-state index contributed by atoms with van der Waals surface area (Å²) in [5, 5.41) is 40.1. The van der Waals surface area contributed by atoms with E-state index < -0.39 is 42.6 Å². The second-order valence-electron chi connectivity index (χ2n) is 8.50. The maximum atomic E-state index is 13.4. The van der Waals surface area contributed by atoms with Crippen molar-refractivity contribution in [2.75, 3.05) is 7.11 Å². The number of fused-ring (bicyclic) bond motifs is 1. The molecule has 2 aromatic carbocycles. The van der Waals surface area contributed by atoms with Crippen LogP contribution in [-0.4, -0.2) is 80.7 Å². The monoisotopic (exact) mass is 533 g/mol. The van der Waals surface area contributed by atoms with Crippen molar-refractivity contribution >= 4 is 40.3 Å². The lowest BCUT2D eigenvalue weighted by molar-refractivity contribution is -0.286. The summed E-state index contributed by atoms with van der Waals surface area (Å²) in [6.45, 7) is 1.65. The molecule has 37 heavy (non-hydrogen) atoms. The van der Waals surface area contributed by atoms with Crippen molar-refractivity contribution in [1.82, 2.24) is 4.57 Å². The molecule has 12 heteroatoms. The van der Waals surface area contributed by atoms with Gasteiger partial charge in [0, 0.05) is 21.7 Å². The average molecular weight is 534 g/mol. The maximum absolute atomic E-state index is 13.4. The van der Waals surface area contributed by atoms with Crippen molar-refractivity contribution in [2.24, 2.45) is 0 Å². The third kappa shape index (κ3) is 5.04. The molecule has 11 nitrogen and oxygen atoms in total. The van der Waals surface area contributed by atoms with Crippen molar-refractivity contribution in [3.05, 3.63) is 64.3 Å². The number of aliphatic hydroxyl groups excluding tert-OH is 3. The summed E-state index contributed by atoms with van der Waals surface area (Å²) in [7, 11) is 1.47. The SMILES string of the molecule is COc1ccc2c(c1)c(CC(=O)O[C@H]1O[C@@H](C(=O)O)[C@H](O)[C@H](O)[C@@H]1O)c(C)n2C(=O)c1ccc(Cl)cc1. The highest BCUT2D eigenvalue weighted by Crippen LogP contribution is 2.31. The molecule has 0 unspecified atom stereocenters. The number of hydrogen-bond donors (Lipinski definition) is 4. The fourth-order valence-corrected chi connectivity index (χ4v) is 4.39. The Kier molecular flexibility index (Phi) is 7.53. The number of carbonyl (C=O) groups is 3. The third-order valence-electron chi connectivity index (χ3n) is 6.22. The largest absolute Gasteiger partial charge is 0.497 e. The summed E-state index contributed by atoms with van der Waals surface area (Å²) in [5.74, 6) is -2.42. The first-order chi connectivity index (χ1) is 17.5. The Morgan fingerprint density at radius 1 is 1.03 bits per heavy atom. The summed E-state index contributed by atoms with van der Waals surface area (Å²) in [6, 6.07) is 11.3. The van der Waals surface area contributed by atoms with E-state index in [1.54, 1.807) is 49.4 Å². The van der Waals surface area contributed by atoms with Crippen LogP contribution in [0, 0.1) is 6.92 Å². The molecule has 0 amide bonds. The van der Waals surface area contributed by atoms with Crippen LogP contribution < -0.4 is 4.74 Å². The zero-order valence-electron chi connectivity index (χ0n) is 19.7. The Morgan fingerprint density at radius 2 is 1.70 bits per heavy atom. The van der Waals surface area contributed by atoms with Crippen LogP contribution in [0.4, 0.5) is 0 Å². The molecular weight excluding hydrogens is 510 g/mol. The van der Waals surface area contributed by atoms with E-state index in [4.69, 9.17) is 25.8 Å². The molecule has 1 aliphatic rings. The number of ether oxygens (including phenoxy) is 3. The molecule has 1 fully saturated rings. The Balaban J connectivity index is 1.67. The van der Waals surface area contributed by atoms with E-state index in [0.29, 0.717) is 38.5 Å². The number of carboxylic acids is 1. The molecule has 3 aromatic rings. The van der Waals surface area contributed by atoms with Gasteiger partial charge >= 0.3 is 11.9 Å². The Bertz CT molecular complexity index is 1350. The lowest BCUT2D eigenvalue weighted by Gasteiger charge is -2.37. The number of aliphatic carboxylic acids is 1. The van der Waals surface area contributed by atoms with E-state index in [1.807, 2.05) is 0 Å². The molecule has 5 atom stereocenters. The lowest BCUT2D eigenvalue weighted by atomic mass is 9.99. The van der Waals surface area contributed by atoms with Crippen LogP contribution in [0.2, 0.25) is 5.02 Å². The van der Waals surface area contributed by atoms with E-state index in [0.717, 1.165) is 0 Å². The Morgan fingerprint density at radius 3 is 2.32 bits per heavy atom. The summed E-state index contributed by atoms with van der Waals surface area (Å²) in [5.41, 5.74) is 1.71. The number of carboxylic acid groups (broad SMARTS) is 1. The van der Waals surface area contributed by atoms with Gasteiger partial charge in [0.15, 0.2) is 6.10 Å². The van der Waals surface area contributed by atoms with Crippen LogP contribution >= 0.6 is 11.6 Å². The number of esters is 1. The second kappa shape index (κ2) is 10.5. The normalized spacial score (nSPS) is 23.6. The molecule has 1 aromatic heterocycles. The molecule has 2 heterocycles. The maximum Gasteiger partial charge on any atom is 0.335 e. The summed E-state index contributed by atoms with van der Waals surface area (Å²) < 4.78 is 16.9. The first-order valence-corrected chi connectivity index (χ1v) is 11.5. The Hall–Kier alpha value is -3.48. The number of carbonyl (C=O) groups excluding carboxylic acids is 2. The smallest absolute Gasteiger partial charge is 0.335 e. The highest BCUT2D eigenvalue weighted by Gasteiger charge is 2.48. The number of hydrogen-bond acceptors (Lipinski definition) is 9. The molecule has 1 aliphatic heterocycles. The third-order valence-corrected chi connectivity index (χ3v) is 6.47. The minimum Gasteiger partial charge on any atom is -0.497 e. The Labute approximate surface area is 215 Å². The molecule has 0 bridgehead atoms. The average Bonchev–Trinajstić information content (AvgIpc) is 3.14. The minimum atomic E-state index is -1.92. The number of rotatable bonds is 6. The van der Waals surface area contributed by atoms with Gasteiger partial charge in [0.25, 0.3) is 5.91 Å². The first kappa shape index (κ1) is 26.6. The van der Waals surface area contributed by atoms with Gasteiger partial charge in [-0.15, -0.1) is 0 Å². The number of aliphatic hydroxyl groups is 3. The van der Waals surface area contributed by atoms with Crippen molar-refractivity contribution in [3.63, 3.8) is 0 Å². The minimum absolute atomic E-state index is 0.361. The van der Waals surface area contributed by atoms with Crippen LogP contribution in [0.15, 0.2) is 42.5 Å². The number of methoxy groups -OCH3 is 1. The van der Waals surface area contributed by atoms with Gasteiger partial charge in [-0.1, -0.05) is 11.6 Å². The van der Waals surface area contributed by atoms with Gasteiger partial charge in [0.1, 0.15) is 24.1 Å². The second-order valence-corrected chi connectivity index (χ2v) is 8.93. The highest BCUT2D eigenvalue weighted by atomic mass is 35.5. The van der Waals surface area contributed by atoms with Crippen LogP contribution in [0.5, 0.6) is 5.75 Å². The van der Waals surface area contributed by atoms with Crippen LogP contribution in [-0.2, 0) is 25.5 Å². The molecule has 0 spiro atoms. The highest BCUT2D eigenvalue weighted by molar-refractivity contribution is 6.30. The van der Waals surface area contributed by atoms with Crippen molar-refractivity contribution in [1.29, 1.82) is 0 Å². The molecule has 196 valence electrons. The van der Waals surface area contributed by atoms with Crippen molar-refractivity contribution in [3.8, 4) is 5.75 Å². The van der Waals surface area contributed by atoms with Crippen LogP contribution in [0.1, 0.15) is 21.6 Å². The van der Waals surface area contributed by atoms with Gasteiger partial charge in [0.2, 0.25) is 6.29 Å². The molecule has 4 N–H and O–H groups in total. The van der Waals surface area contributed by atoms with Gasteiger partial charge in [-0.05, 0) is 55.0 Å². The summed E-state index contributed by atoms with van der Waals surface area (Å²) in [4.78, 5) is 37.6. The van der Waals surface area contributed by atoms with E-state index in [9.17, 15) is 34.8 Å². The quantitative estimate of drug-likeness (QED) is 0.339. The van der Waals surface area contributed by atoms with Gasteiger partial charge < -0.3 is 34.6 Å². The summed E-state index contributed by atoms with van der Waals surface area (Å²) in [6.07, 6.45) is -9.87. The number of benzene rings is 2. The van der Waals surface area contributed by atoms with Gasteiger partial charge in [-0.25, -0.2) is 4.79 Å². The van der Waals surface area contributed by atoms with Gasteiger partial charge in [0.05, 0.1) is 19.0 Å². The standard InChI is InChI=1S/C25H24ClNO10/c1-11-15(10-18(28)36-25-21(31)19(29)20(30)22(37-25)24(33)34)16-9-14(35-2)7-8-17(16)27(11)23(32)12-3-5-13(26)6-4-12/h3-9,19-22,25,29-31H,10H2,1-2H3,(H,33,34)/t19-,20+,21-,22+,25-/m0/s1. The number of nitrogens with zero attached hydrogens (tertiary/aromatic N) is 1. The molecule has 0 saturated carbocycles. The lowest BCUT2D eigenvalue weighted by Crippen LogP contribution is -2.60. The van der Waals surface area contributed by atoms with Crippen molar-refractivity contribution < 1.29 is 49.0 Å².